The molecule has 1 aromatic heterocycles. The molecule has 100 valence electrons. The van der Waals surface area contributed by atoms with Crippen LogP contribution < -0.4 is 10.6 Å². The summed E-state index contributed by atoms with van der Waals surface area (Å²) >= 11 is 1.79. The van der Waals surface area contributed by atoms with Gasteiger partial charge in [0.25, 0.3) is 5.91 Å². The van der Waals surface area contributed by atoms with Crippen LogP contribution in [0.3, 0.4) is 0 Å². The van der Waals surface area contributed by atoms with E-state index in [1.54, 1.807) is 30.9 Å². The molecule has 0 aliphatic rings. The van der Waals surface area contributed by atoms with E-state index in [0.717, 1.165) is 23.7 Å². The van der Waals surface area contributed by atoms with Crippen molar-refractivity contribution in [3.05, 3.63) is 23.4 Å². The molecule has 0 bridgehead atoms. The normalized spacial score (nSPS) is 12.0. The van der Waals surface area contributed by atoms with Crippen molar-refractivity contribution in [3.63, 3.8) is 0 Å². The van der Waals surface area contributed by atoms with Crippen molar-refractivity contribution >= 4 is 23.5 Å². The molecule has 0 radical (unpaired) electrons. The fraction of sp³-hybridized carbons (Fsp3) is 0.538. The van der Waals surface area contributed by atoms with Crippen molar-refractivity contribution < 1.29 is 4.79 Å². The van der Waals surface area contributed by atoms with E-state index in [-0.39, 0.29) is 11.9 Å². The summed E-state index contributed by atoms with van der Waals surface area (Å²) in [6, 6.07) is 3.76. The van der Waals surface area contributed by atoms with Crippen LogP contribution in [0.4, 0.5) is 5.82 Å². The summed E-state index contributed by atoms with van der Waals surface area (Å²) in [5.41, 5.74) is 1.49. The largest absolute Gasteiger partial charge is 0.373 e. The van der Waals surface area contributed by atoms with E-state index in [1.165, 1.54) is 0 Å². The van der Waals surface area contributed by atoms with Crippen molar-refractivity contribution in [2.45, 2.75) is 26.3 Å². The van der Waals surface area contributed by atoms with Crippen molar-refractivity contribution in [2.75, 3.05) is 24.4 Å². The minimum absolute atomic E-state index is 0.0365. The molecular formula is C13H21N3OS. The second-order valence-corrected chi connectivity index (χ2v) is 5.27. The number of nitrogens with one attached hydrogen (secondary N) is 2. The van der Waals surface area contributed by atoms with E-state index in [9.17, 15) is 4.79 Å². The van der Waals surface area contributed by atoms with Crippen molar-refractivity contribution in [3.8, 4) is 0 Å². The van der Waals surface area contributed by atoms with Gasteiger partial charge in [0.05, 0.1) is 0 Å². The van der Waals surface area contributed by atoms with Crippen LogP contribution in [-0.2, 0) is 0 Å². The molecule has 0 spiro atoms. The molecule has 1 heterocycles. The summed E-state index contributed by atoms with van der Waals surface area (Å²) in [6.07, 6.45) is 3.05. The lowest BCUT2D eigenvalue weighted by Crippen LogP contribution is -2.33. The highest BCUT2D eigenvalue weighted by Crippen LogP contribution is 2.10. The molecule has 1 amide bonds. The number of hydrogen-bond donors (Lipinski definition) is 2. The second-order valence-electron chi connectivity index (χ2n) is 4.29. The molecule has 0 aliphatic heterocycles. The SMILES string of the molecule is CNc1cc(C(=O)NC(C)CCSC)cc(C)n1. The Hall–Kier alpha value is -1.23. The molecule has 1 rings (SSSR count). The average molecular weight is 267 g/mol. The first kappa shape index (κ1) is 14.8. The Morgan fingerprint density at radius 2 is 2.22 bits per heavy atom. The zero-order chi connectivity index (χ0) is 13.5. The quantitative estimate of drug-likeness (QED) is 0.830. The predicted molar refractivity (Wildman–Crippen MR) is 78.4 cm³/mol. The zero-order valence-corrected chi connectivity index (χ0v) is 12.2. The molecule has 5 heteroatoms. The number of nitrogens with zero attached hydrogens (tertiary/aromatic N) is 1. The molecule has 4 nitrogen and oxygen atoms in total. The van der Waals surface area contributed by atoms with E-state index in [2.05, 4.69) is 21.9 Å². The molecule has 0 saturated carbocycles. The first-order chi connectivity index (χ1) is 8.56. The Kier molecular flexibility index (Phi) is 5.98. The van der Waals surface area contributed by atoms with Crippen LogP contribution in [-0.4, -0.2) is 36.0 Å². The number of amides is 1. The Morgan fingerprint density at radius 3 is 2.83 bits per heavy atom. The van der Waals surface area contributed by atoms with Gasteiger partial charge in [-0.3, -0.25) is 4.79 Å². The highest BCUT2D eigenvalue weighted by Gasteiger charge is 2.11. The van der Waals surface area contributed by atoms with E-state index >= 15 is 0 Å². The van der Waals surface area contributed by atoms with Crippen LogP contribution in [0.25, 0.3) is 0 Å². The number of anilines is 1. The summed E-state index contributed by atoms with van der Waals surface area (Å²) in [5.74, 6) is 1.74. The van der Waals surface area contributed by atoms with Crippen LogP contribution in [0, 0.1) is 6.92 Å². The van der Waals surface area contributed by atoms with Gasteiger partial charge in [-0.05, 0) is 44.4 Å². The van der Waals surface area contributed by atoms with Crippen molar-refractivity contribution in [1.29, 1.82) is 0 Å². The number of hydrogen-bond acceptors (Lipinski definition) is 4. The Labute approximate surface area is 113 Å². The summed E-state index contributed by atoms with van der Waals surface area (Å²) in [6.45, 7) is 3.91. The van der Waals surface area contributed by atoms with Gasteiger partial charge in [-0.1, -0.05) is 0 Å². The number of rotatable bonds is 6. The summed E-state index contributed by atoms with van der Waals surface area (Å²) in [4.78, 5) is 16.3. The minimum Gasteiger partial charge on any atom is -0.373 e. The van der Waals surface area contributed by atoms with Gasteiger partial charge in [0.15, 0.2) is 0 Å². The number of aromatic nitrogens is 1. The van der Waals surface area contributed by atoms with Crippen LogP contribution in [0.15, 0.2) is 12.1 Å². The van der Waals surface area contributed by atoms with Crippen LogP contribution >= 0.6 is 11.8 Å². The summed E-state index contributed by atoms with van der Waals surface area (Å²) < 4.78 is 0. The lowest BCUT2D eigenvalue weighted by molar-refractivity contribution is 0.0939. The van der Waals surface area contributed by atoms with E-state index in [4.69, 9.17) is 0 Å². The summed E-state index contributed by atoms with van der Waals surface area (Å²) in [5, 5.41) is 5.96. The molecular weight excluding hydrogens is 246 g/mol. The standard InChI is InChI=1S/C13H21N3OS/c1-9(5-6-18-4)16-13(17)11-7-10(2)15-12(8-11)14-3/h7-9H,5-6H2,1-4H3,(H,14,15)(H,16,17). The van der Waals surface area contributed by atoms with Crippen molar-refractivity contribution in [2.24, 2.45) is 0 Å². The molecule has 2 N–H and O–H groups in total. The minimum atomic E-state index is -0.0365. The maximum Gasteiger partial charge on any atom is 0.251 e. The van der Waals surface area contributed by atoms with E-state index in [1.807, 2.05) is 13.8 Å². The lowest BCUT2D eigenvalue weighted by atomic mass is 10.2. The Morgan fingerprint density at radius 1 is 1.50 bits per heavy atom. The van der Waals surface area contributed by atoms with Crippen LogP contribution in [0.5, 0.6) is 0 Å². The third-order valence-electron chi connectivity index (χ3n) is 2.60. The number of carbonyl (C=O) groups is 1. The smallest absolute Gasteiger partial charge is 0.251 e. The Bertz CT molecular complexity index is 409. The predicted octanol–water partition coefficient (Wildman–Crippen LogP) is 2.30. The number of carbonyl (C=O) groups excluding carboxylic acids is 1. The maximum atomic E-state index is 12.1. The van der Waals surface area contributed by atoms with Crippen LogP contribution in [0.2, 0.25) is 0 Å². The van der Waals surface area contributed by atoms with Crippen molar-refractivity contribution in [1.82, 2.24) is 10.3 Å². The van der Waals surface area contributed by atoms with Gasteiger partial charge >= 0.3 is 0 Å². The molecule has 1 aromatic rings. The number of pyridine rings is 1. The average Bonchev–Trinajstić information content (AvgIpc) is 2.35. The van der Waals surface area contributed by atoms with Gasteiger partial charge in [-0.15, -0.1) is 0 Å². The van der Waals surface area contributed by atoms with Gasteiger partial charge in [0, 0.05) is 24.3 Å². The number of thioether (sulfide) groups is 1. The fourth-order valence-electron chi connectivity index (χ4n) is 1.60. The van der Waals surface area contributed by atoms with Gasteiger partial charge in [0.1, 0.15) is 5.82 Å². The van der Waals surface area contributed by atoms with Gasteiger partial charge < -0.3 is 10.6 Å². The second kappa shape index (κ2) is 7.26. The first-order valence-electron chi connectivity index (χ1n) is 6.03. The third-order valence-corrected chi connectivity index (χ3v) is 3.25. The highest BCUT2D eigenvalue weighted by molar-refractivity contribution is 7.98. The van der Waals surface area contributed by atoms with Crippen LogP contribution in [0.1, 0.15) is 29.4 Å². The molecule has 18 heavy (non-hydrogen) atoms. The monoisotopic (exact) mass is 267 g/mol. The van der Waals surface area contributed by atoms with E-state index in [0.29, 0.717) is 5.56 Å². The molecule has 0 aliphatic carbocycles. The fourth-order valence-corrected chi connectivity index (χ4v) is 2.19. The van der Waals surface area contributed by atoms with Gasteiger partial charge in [-0.2, -0.15) is 11.8 Å². The molecule has 1 atom stereocenters. The summed E-state index contributed by atoms with van der Waals surface area (Å²) in [7, 11) is 1.80. The third kappa shape index (κ3) is 4.56. The molecule has 0 fully saturated rings. The highest BCUT2D eigenvalue weighted by atomic mass is 32.2. The number of aryl methyl sites for hydroxylation is 1. The first-order valence-corrected chi connectivity index (χ1v) is 7.42. The topological polar surface area (TPSA) is 54.0 Å². The van der Waals surface area contributed by atoms with Gasteiger partial charge in [-0.25, -0.2) is 4.98 Å². The molecule has 0 saturated heterocycles. The maximum absolute atomic E-state index is 12.1. The van der Waals surface area contributed by atoms with E-state index < -0.39 is 0 Å². The van der Waals surface area contributed by atoms with Gasteiger partial charge in [0.2, 0.25) is 0 Å². The lowest BCUT2D eigenvalue weighted by Gasteiger charge is -2.14. The molecule has 1 unspecified atom stereocenters. The zero-order valence-electron chi connectivity index (χ0n) is 11.4. The molecule has 0 aromatic carbocycles. The Balaban J connectivity index is 2.68.